The molecule has 1 aromatic carbocycles. The number of ketones is 1. The highest BCUT2D eigenvalue weighted by atomic mass is 16.5. The van der Waals surface area contributed by atoms with Crippen molar-refractivity contribution in [2.24, 2.45) is 11.7 Å². The van der Waals surface area contributed by atoms with Gasteiger partial charge in [0, 0.05) is 12.0 Å². The van der Waals surface area contributed by atoms with Gasteiger partial charge in [-0.3, -0.25) is 29.4 Å². The monoisotopic (exact) mass is 489 g/mol. The second-order valence-corrected chi connectivity index (χ2v) is 7.92. The minimum Gasteiger partial charge on any atom is -0.445 e. The summed E-state index contributed by atoms with van der Waals surface area (Å²) in [6, 6.07) is 6.75. The van der Waals surface area contributed by atoms with Crippen LogP contribution < -0.4 is 21.8 Å². The second kappa shape index (κ2) is 14.1. The zero-order valence-corrected chi connectivity index (χ0v) is 20.1. The van der Waals surface area contributed by atoms with E-state index in [-0.39, 0.29) is 18.3 Å². The molecular formula is C23H31N5O7. The lowest BCUT2D eigenvalue weighted by molar-refractivity contribution is -0.142. The number of carbonyl (C=O) groups is 6. The number of benzene rings is 1. The van der Waals surface area contributed by atoms with Gasteiger partial charge in [0.2, 0.25) is 11.8 Å². The molecule has 0 saturated carbocycles. The van der Waals surface area contributed by atoms with Gasteiger partial charge in [-0.1, -0.05) is 44.2 Å². The predicted molar refractivity (Wildman–Crippen MR) is 125 cm³/mol. The van der Waals surface area contributed by atoms with Gasteiger partial charge in [-0.25, -0.2) is 9.80 Å². The molecule has 12 heteroatoms. The largest absolute Gasteiger partial charge is 0.445 e. The smallest absolute Gasteiger partial charge is 0.408 e. The summed E-state index contributed by atoms with van der Waals surface area (Å²) in [4.78, 5) is 72.0. The third-order valence-corrected chi connectivity index (χ3v) is 4.48. The highest BCUT2D eigenvalue weighted by Gasteiger charge is 2.24. The molecular weight excluding hydrogens is 458 g/mol. The molecule has 190 valence electrons. The molecule has 0 heterocycles. The summed E-state index contributed by atoms with van der Waals surface area (Å²) in [7, 11) is 0. The van der Waals surface area contributed by atoms with Crippen molar-refractivity contribution in [3.8, 4) is 0 Å². The van der Waals surface area contributed by atoms with Crippen LogP contribution in [-0.2, 0) is 35.3 Å². The SMILES string of the molecule is CC(C)C(=O)/C=C/C(=O)N(CC(N)=O)NC(=O)[C@H](C)NC(=O)[C@H](C)NC(=O)OCc1ccccc1. The molecule has 35 heavy (non-hydrogen) atoms. The molecule has 0 saturated heterocycles. The number of nitrogens with two attached hydrogens (primary N) is 1. The standard InChI is InChI=1S/C23H31N5O7/c1-14(2)18(29)10-11-20(31)28(12-19(24)30)27-22(33)16(4)25-21(32)15(3)26-23(34)35-13-17-8-6-5-7-9-17/h5-11,14-16H,12-13H2,1-4H3,(H2,24,30)(H,25,32)(H,26,34)(H,27,33)/b11-10+/t15-,16-/m0/s1. The fraction of sp³-hybridized carbons (Fsp3) is 0.391. The lowest BCUT2D eigenvalue weighted by Gasteiger charge is -2.24. The molecule has 0 aliphatic carbocycles. The number of carbonyl (C=O) groups excluding carboxylic acids is 6. The number of amides is 5. The summed E-state index contributed by atoms with van der Waals surface area (Å²) in [5.41, 5.74) is 8.07. The van der Waals surface area contributed by atoms with Crippen LogP contribution in [0.3, 0.4) is 0 Å². The maximum Gasteiger partial charge on any atom is 0.408 e. The number of alkyl carbamates (subject to hydrolysis) is 1. The molecule has 2 atom stereocenters. The number of primary amides is 1. The van der Waals surface area contributed by atoms with Crippen LogP contribution >= 0.6 is 0 Å². The summed E-state index contributed by atoms with van der Waals surface area (Å²) in [5.74, 6) is -3.98. The van der Waals surface area contributed by atoms with E-state index in [2.05, 4.69) is 16.1 Å². The van der Waals surface area contributed by atoms with Crippen LogP contribution in [0.1, 0.15) is 33.3 Å². The minimum atomic E-state index is -1.16. The van der Waals surface area contributed by atoms with Crippen LogP contribution in [0.15, 0.2) is 42.5 Å². The van der Waals surface area contributed by atoms with Crippen LogP contribution in [0.4, 0.5) is 4.79 Å². The van der Waals surface area contributed by atoms with E-state index in [9.17, 15) is 28.8 Å². The molecule has 0 radical (unpaired) electrons. The Morgan fingerprint density at radius 2 is 1.51 bits per heavy atom. The van der Waals surface area contributed by atoms with E-state index in [1.54, 1.807) is 38.1 Å². The van der Waals surface area contributed by atoms with Crippen molar-refractivity contribution in [2.75, 3.05) is 6.54 Å². The predicted octanol–water partition coefficient (Wildman–Crippen LogP) is -0.0676. The lowest BCUT2D eigenvalue weighted by atomic mass is 10.1. The Morgan fingerprint density at radius 1 is 0.914 bits per heavy atom. The maximum atomic E-state index is 12.5. The topological polar surface area (TPSA) is 177 Å². The fourth-order valence-corrected chi connectivity index (χ4v) is 2.41. The molecule has 0 aliphatic heterocycles. The molecule has 1 rings (SSSR count). The van der Waals surface area contributed by atoms with Gasteiger partial charge in [0.1, 0.15) is 25.2 Å². The highest BCUT2D eigenvalue weighted by Crippen LogP contribution is 2.01. The quantitative estimate of drug-likeness (QED) is 0.248. The molecule has 5 N–H and O–H groups in total. The first-order valence-electron chi connectivity index (χ1n) is 10.8. The first kappa shape index (κ1) is 28.8. The first-order chi connectivity index (χ1) is 16.4. The Bertz CT molecular complexity index is 962. The number of hydrogen-bond donors (Lipinski definition) is 4. The fourth-order valence-electron chi connectivity index (χ4n) is 2.41. The molecule has 12 nitrogen and oxygen atoms in total. The van der Waals surface area contributed by atoms with Gasteiger partial charge in [-0.15, -0.1) is 0 Å². The normalized spacial score (nSPS) is 12.4. The van der Waals surface area contributed by atoms with Crippen molar-refractivity contribution in [3.63, 3.8) is 0 Å². The molecule has 0 spiro atoms. The van der Waals surface area contributed by atoms with Crippen molar-refractivity contribution in [1.82, 2.24) is 21.1 Å². The van der Waals surface area contributed by atoms with Crippen molar-refractivity contribution in [1.29, 1.82) is 0 Å². The number of hydrogen-bond acceptors (Lipinski definition) is 7. The molecule has 1 aromatic rings. The second-order valence-electron chi connectivity index (χ2n) is 7.92. The minimum absolute atomic E-state index is 0.0146. The zero-order chi connectivity index (χ0) is 26.5. The van der Waals surface area contributed by atoms with Gasteiger partial charge >= 0.3 is 6.09 Å². The summed E-state index contributed by atoms with van der Waals surface area (Å²) in [5, 5.41) is 5.34. The average Bonchev–Trinajstić information content (AvgIpc) is 2.80. The Kier molecular flexibility index (Phi) is 11.6. The van der Waals surface area contributed by atoms with Crippen molar-refractivity contribution >= 4 is 35.5 Å². The third-order valence-electron chi connectivity index (χ3n) is 4.48. The summed E-state index contributed by atoms with van der Waals surface area (Å²) in [6.07, 6.45) is 1.11. The Hall–Kier alpha value is -4.22. The summed E-state index contributed by atoms with van der Waals surface area (Å²) >= 11 is 0. The average molecular weight is 490 g/mol. The molecule has 0 aliphatic rings. The Balaban J connectivity index is 2.62. The zero-order valence-electron chi connectivity index (χ0n) is 20.1. The maximum absolute atomic E-state index is 12.5. The van der Waals surface area contributed by atoms with E-state index < -0.39 is 48.4 Å². The van der Waals surface area contributed by atoms with Crippen molar-refractivity contribution in [2.45, 2.75) is 46.4 Å². The van der Waals surface area contributed by atoms with E-state index in [1.807, 2.05) is 6.07 Å². The number of hydrazine groups is 1. The van der Waals surface area contributed by atoms with Gasteiger partial charge in [0.05, 0.1) is 0 Å². The van der Waals surface area contributed by atoms with Crippen LogP contribution in [0.5, 0.6) is 0 Å². The molecule has 0 aromatic heterocycles. The number of nitrogens with one attached hydrogen (secondary N) is 3. The first-order valence-corrected chi connectivity index (χ1v) is 10.8. The van der Waals surface area contributed by atoms with Crippen LogP contribution in [0.2, 0.25) is 0 Å². The van der Waals surface area contributed by atoms with E-state index >= 15 is 0 Å². The number of allylic oxidation sites excluding steroid dienone is 1. The van der Waals surface area contributed by atoms with Crippen molar-refractivity contribution < 1.29 is 33.5 Å². The van der Waals surface area contributed by atoms with Crippen LogP contribution in [0.25, 0.3) is 0 Å². The molecule has 5 amide bonds. The van der Waals surface area contributed by atoms with E-state index in [1.165, 1.54) is 13.8 Å². The van der Waals surface area contributed by atoms with Crippen LogP contribution in [-0.4, -0.2) is 59.1 Å². The number of rotatable bonds is 11. The van der Waals surface area contributed by atoms with E-state index in [0.29, 0.717) is 5.01 Å². The van der Waals surface area contributed by atoms with Gasteiger partial charge in [0.15, 0.2) is 5.78 Å². The number of ether oxygens (including phenoxy) is 1. The molecule has 0 unspecified atom stereocenters. The van der Waals surface area contributed by atoms with E-state index in [0.717, 1.165) is 17.7 Å². The van der Waals surface area contributed by atoms with Gasteiger partial charge in [0.25, 0.3) is 11.8 Å². The summed E-state index contributed by atoms with van der Waals surface area (Å²) in [6.45, 7) is 5.37. The lowest BCUT2D eigenvalue weighted by Crippen LogP contribution is -2.56. The molecule has 0 fully saturated rings. The van der Waals surface area contributed by atoms with Crippen LogP contribution in [0, 0.1) is 5.92 Å². The molecule has 0 bridgehead atoms. The highest BCUT2D eigenvalue weighted by molar-refractivity contribution is 6.00. The van der Waals surface area contributed by atoms with Gasteiger partial charge in [-0.2, -0.15) is 0 Å². The summed E-state index contributed by atoms with van der Waals surface area (Å²) < 4.78 is 5.04. The van der Waals surface area contributed by atoms with Gasteiger partial charge in [-0.05, 0) is 25.5 Å². The number of nitrogens with zero attached hydrogens (tertiary/aromatic N) is 1. The Labute approximate surface area is 203 Å². The van der Waals surface area contributed by atoms with Crippen molar-refractivity contribution in [3.05, 3.63) is 48.0 Å². The Morgan fingerprint density at radius 3 is 2.09 bits per heavy atom. The third kappa shape index (κ3) is 11.0. The van der Waals surface area contributed by atoms with E-state index in [4.69, 9.17) is 10.5 Å². The van der Waals surface area contributed by atoms with Gasteiger partial charge < -0.3 is 21.1 Å².